The summed E-state index contributed by atoms with van der Waals surface area (Å²) in [7, 11) is -1.78. The first kappa shape index (κ1) is 22.8. The molecule has 0 amide bonds. The number of hydrogen-bond acceptors (Lipinski definition) is 4. The third-order valence-corrected chi connectivity index (χ3v) is 6.72. The van der Waals surface area contributed by atoms with Crippen LogP contribution in [0.4, 0.5) is 11.4 Å². The smallest absolute Gasteiger partial charge is 0.231 e. The van der Waals surface area contributed by atoms with E-state index in [4.69, 9.17) is 23.8 Å². The molecule has 0 heterocycles. The maximum Gasteiger partial charge on any atom is 0.231 e. The molecule has 0 spiro atoms. The molecule has 0 bridgehead atoms. The summed E-state index contributed by atoms with van der Waals surface area (Å²) in [6, 6.07) is 15.0. The summed E-state index contributed by atoms with van der Waals surface area (Å²) in [6.07, 6.45) is 2.15. The summed E-state index contributed by atoms with van der Waals surface area (Å²) in [5.41, 5.74) is 2.58. The molecule has 152 valence electrons. The predicted octanol–water partition coefficient (Wildman–Crippen LogP) is 4.35. The Kier molecular flexibility index (Phi) is 8.88. The number of thiocarbonyl (C=S) groups is 1. The number of halogens is 1. The Morgan fingerprint density at radius 2 is 1.93 bits per heavy atom. The van der Waals surface area contributed by atoms with E-state index in [0.717, 1.165) is 35.2 Å². The average Bonchev–Trinajstić information content (AvgIpc) is 2.65. The zero-order valence-corrected chi connectivity index (χ0v) is 19.0. The molecule has 0 aliphatic rings. The van der Waals surface area contributed by atoms with Crippen molar-refractivity contribution in [3.63, 3.8) is 0 Å². The van der Waals surface area contributed by atoms with E-state index in [1.54, 1.807) is 18.2 Å². The Morgan fingerprint density at radius 1 is 1.21 bits per heavy atom. The van der Waals surface area contributed by atoms with Crippen molar-refractivity contribution >= 4 is 62.1 Å². The van der Waals surface area contributed by atoms with Gasteiger partial charge in [0.1, 0.15) is 0 Å². The molecule has 5 nitrogen and oxygen atoms in total. The first-order chi connectivity index (χ1) is 13.3. The van der Waals surface area contributed by atoms with Crippen LogP contribution >= 0.6 is 35.6 Å². The van der Waals surface area contributed by atoms with Gasteiger partial charge in [-0.15, -0.1) is 0 Å². The van der Waals surface area contributed by atoms with Gasteiger partial charge in [0.15, 0.2) is 5.11 Å². The van der Waals surface area contributed by atoms with Crippen LogP contribution in [0.1, 0.15) is 12.0 Å². The topological polar surface area (TPSA) is 61.4 Å². The molecule has 0 radical (unpaired) electrons. The summed E-state index contributed by atoms with van der Waals surface area (Å²) in [5.74, 6) is 1.98. The van der Waals surface area contributed by atoms with E-state index in [1.807, 2.05) is 42.1 Å². The molecule has 0 saturated heterocycles. The van der Waals surface area contributed by atoms with Crippen molar-refractivity contribution in [2.24, 2.45) is 0 Å². The fourth-order valence-electron chi connectivity index (χ4n) is 2.29. The quantitative estimate of drug-likeness (QED) is 0.431. The number of thioether (sulfide) groups is 1. The van der Waals surface area contributed by atoms with Crippen LogP contribution in [0.2, 0.25) is 5.02 Å². The van der Waals surface area contributed by atoms with E-state index in [0.29, 0.717) is 10.8 Å². The minimum Gasteiger partial charge on any atom is -0.362 e. The Bertz CT molecular complexity index is 890. The number of nitrogens with zero attached hydrogens (tertiary/aromatic N) is 1. The average molecular weight is 458 g/mol. The number of hydrogen-bond donors (Lipinski definition) is 2. The van der Waals surface area contributed by atoms with Crippen molar-refractivity contribution in [1.29, 1.82) is 0 Å². The molecule has 0 aliphatic carbocycles. The summed E-state index contributed by atoms with van der Waals surface area (Å²) in [4.78, 5) is 0. The molecular weight excluding hydrogens is 434 g/mol. The van der Waals surface area contributed by atoms with Crippen LogP contribution in [0.3, 0.4) is 0 Å². The Balaban J connectivity index is 1.69. The van der Waals surface area contributed by atoms with E-state index in [1.165, 1.54) is 23.2 Å². The number of sulfonamides is 1. The summed E-state index contributed by atoms with van der Waals surface area (Å²) < 4.78 is 24.5. The van der Waals surface area contributed by atoms with Crippen molar-refractivity contribution in [1.82, 2.24) is 5.32 Å². The van der Waals surface area contributed by atoms with Gasteiger partial charge in [0.25, 0.3) is 0 Å². The van der Waals surface area contributed by atoms with E-state index >= 15 is 0 Å². The molecule has 28 heavy (non-hydrogen) atoms. The van der Waals surface area contributed by atoms with Crippen LogP contribution in [0, 0.1) is 0 Å². The molecule has 2 rings (SSSR count). The Labute approximate surface area is 181 Å². The second kappa shape index (κ2) is 10.9. The lowest BCUT2D eigenvalue weighted by atomic mass is 10.2. The van der Waals surface area contributed by atoms with E-state index in [9.17, 15) is 8.42 Å². The van der Waals surface area contributed by atoms with Gasteiger partial charge in [-0.1, -0.05) is 29.8 Å². The fourth-order valence-corrected chi connectivity index (χ4v) is 4.06. The molecule has 0 aliphatic heterocycles. The van der Waals surface area contributed by atoms with Gasteiger partial charge in [-0.2, -0.15) is 11.8 Å². The van der Waals surface area contributed by atoms with Crippen molar-refractivity contribution in [2.45, 2.75) is 12.2 Å². The van der Waals surface area contributed by atoms with Crippen LogP contribution < -0.4 is 14.9 Å². The van der Waals surface area contributed by atoms with Gasteiger partial charge >= 0.3 is 0 Å². The molecule has 0 fully saturated rings. The van der Waals surface area contributed by atoms with Crippen LogP contribution in [0.15, 0.2) is 48.5 Å². The Morgan fingerprint density at radius 3 is 2.61 bits per heavy atom. The lowest BCUT2D eigenvalue weighted by Crippen LogP contribution is -2.29. The van der Waals surface area contributed by atoms with Crippen LogP contribution in [0.5, 0.6) is 0 Å². The second-order valence-electron chi connectivity index (χ2n) is 6.19. The van der Waals surface area contributed by atoms with Crippen molar-refractivity contribution in [3.05, 3.63) is 59.1 Å². The SMILES string of the molecule is CN(c1cccc(NC(=S)NCCCSCc2ccc(Cl)cc2)c1)S(C)(=O)=O. The molecular formula is C19H24ClN3O2S3. The highest BCUT2D eigenvalue weighted by Gasteiger charge is 2.12. The van der Waals surface area contributed by atoms with Crippen LogP contribution in [-0.2, 0) is 15.8 Å². The molecule has 2 aromatic carbocycles. The van der Waals surface area contributed by atoms with Gasteiger partial charge in [-0.3, -0.25) is 4.31 Å². The molecule has 2 aromatic rings. The molecule has 0 unspecified atom stereocenters. The van der Waals surface area contributed by atoms with Crippen LogP contribution in [0.25, 0.3) is 0 Å². The lowest BCUT2D eigenvalue weighted by Gasteiger charge is -2.18. The van der Waals surface area contributed by atoms with Crippen molar-refractivity contribution < 1.29 is 8.42 Å². The van der Waals surface area contributed by atoms with Gasteiger partial charge < -0.3 is 10.6 Å². The highest BCUT2D eigenvalue weighted by Crippen LogP contribution is 2.20. The largest absolute Gasteiger partial charge is 0.362 e. The first-order valence-electron chi connectivity index (χ1n) is 8.67. The third-order valence-electron chi connectivity index (χ3n) is 3.90. The fraction of sp³-hybridized carbons (Fsp3) is 0.316. The zero-order valence-electron chi connectivity index (χ0n) is 15.8. The second-order valence-corrected chi connectivity index (χ2v) is 10.2. The predicted molar refractivity (Wildman–Crippen MR) is 126 cm³/mol. The van der Waals surface area contributed by atoms with E-state index in [-0.39, 0.29) is 0 Å². The molecule has 2 N–H and O–H groups in total. The third kappa shape index (κ3) is 7.87. The monoisotopic (exact) mass is 457 g/mol. The van der Waals surface area contributed by atoms with Gasteiger partial charge in [-0.25, -0.2) is 8.42 Å². The number of anilines is 2. The standard InChI is InChI=1S/C19H24ClN3O2S3/c1-23(28(2,24)25)18-6-3-5-17(13-18)22-19(26)21-11-4-12-27-14-15-7-9-16(20)10-8-15/h3,5-10,13H,4,11-12,14H2,1-2H3,(H2,21,22,26). The summed E-state index contributed by atoms with van der Waals surface area (Å²) in [5, 5.41) is 7.54. The number of nitrogens with one attached hydrogen (secondary N) is 2. The van der Waals surface area contributed by atoms with Gasteiger partial charge in [0, 0.05) is 30.1 Å². The highest BCUT2D eigenvalue weighted by atomic mass is 35.5. The van der Waals surface area contributed by atoms with E-state index in [2.05, 4.69) is 10.6 Å². The molecule has 0 saturated carbocycles. The number of benzene rings is 2. The number of rotatable bonds is 9. The van der Waals surface area contributed by atoms with Gasteiger partial charge in [0.2, 0.25) is 10.0 Å². The van der Waals surface area contributed by atoms with E-state index < -0.39 is 10.0 Å². The minimum absolute atomic E-state index is 0.516. The molecule has 9 heteroatoms. The zero-order chi connectivity index (χ0) is 20.6. The lowest BCUT2D eigenvalue weighted by molar-refractivity contribution is 0.600. The normalized spacial score (nSPS) is 11.1. The summed E-state index contributed by atoms with van der Waals surface area (Å²) >= 11 is 13.1. The maximum absolute atomic E-state index is 11.7. The molecule has 0 atom stereocenters. The van der Waals surface area contributed by atoms with Gasteiger partial charge in [-0.05, 0) is 60.3 Å². The van der Waals surface area contributed by atoms with Crippen LogP contribution in [-0.4, -0.2) is 39.1 Å². The first-order valence-corrected chi connectivity index (χ1v) is 12.5. The minimum atomic E-state index is -3.30. The van der Waals surface area contributed by atoms with Crippen molar-refractivity contribution in [3.8, 4) is 0 Å². The van der Waals surface area contributed by atoms with Gasteiger partial charge in [0.05, 0.1) is 11.9 Å². The maximum atomic E-state index is 11.7. The van der Waals surface area contributed by atoms with Crippen molar-refractivity contribution in [2.75, 3.05) is 35.2 Å². The molecule has 0 aromatic heterocycles. The Hall–Kier alpha value is -1.48. The summed E-state index contributed by atoms with van der Waals surface area (Å²) in [6.45, 7) is 0.766. The highest BCUT2D eigenvalue weighted by molar-refractivity contribution is 7.98.